The summed E-state index contributed by atoms with van der Waals surface area (Å²) in [6.45, 7) is 7.94. The molecule has 1 aliphatic rings. The summed E-state index contributed by atoms with van der Waals surface area (Å²) in [6.07, 6.45) is 4.22. The highest BCUT2D eigenvalue weighted by atomic mass is 16.6. The van der Waals surface area contributed by atoms with Crippen molar-refractivity contribution in [2.75, 3.05) is 18.6 Å². The summed E-state index contributed by atoms with van der Waals surface area (Å²) in [5, 5.41) is 2.78. The number of esters is 1. The molecule has 0 bridgehead atoms. The molecule has 0 radical (unpaired) electrons. The van der Waals surface area contributed by atoms with Crippen LogP contribution in [0.5, 0.6) is 0 Å². The molecule has 2 amide bonds. The van der Waals surface area contributed by atoms with Gasteiger partial charge in [-0.15, -0.1) is 0 Å². The molecule has 3 rings (SSSR count). The van der Waals surface area contributed by atoms with Crippen LogP contribution in [-0.4, -0.2) is 48.3 Å². The second-order valence-corrected chi connectivity index (χ2v) is 10.8. The SMILES string of the molecule is COC(=O)[C@H](Cc1ccccc1)NC(=O)CCCN(C(=O)OC(C)(C)C)c1cc(C[C@H]2CC2C)ccn1. The number of aromatic nitrogens is 1. The molecule has 3 atom stereocenters. The smallest absolute Gasteiger partial charge is 0.416 e. The Morgan fingerprint density at radius 1 is 1.14 bits per heavy atom. The number of carbonyl (C=O) groups is 3. The number of hydrogen-bond acceptors (Lipinski definition) is 6. The van der Waals surface area contributed by atoms with E-state index in [1.807, 2.05) is 63.2 Å². The molecule has 1 fully saturated rings. The first-order valence-electron chi connectivity index (χ1n) is 12.9. The van der Waals surface area contributed by atoms with Gasteiger partial charge in [0.05, 0.1) is 7.11 Å². The van der Waals surface area contributed by atoms with E-state index in [4.69, 9.17) is 9.47 Å². The average molecular weight is 510 g/mol. The van der Waals surface area contributed by atoms with Crippen LogP contribution < -0.4 is 10.2 Å². The number of amides is 2. The van der Waals surface area contributed by atoms with E-state index in [0.29, 0.717) is 24.6 Å². The first-order valence-corrected chi connectivity index (χ1v) is 12.9. The van der Waals surface area contributed by atoms with Gasteiger partial charge >= 0.3 is 12.1 Å². The number of nitrogens with zero attached hydrogens (tertiary/aromatic N) is 2. The van der Waals surface area contributed by atoms with Crippen LogP contribution in [0.15, 0.2) is 48.7 Å². The van der Waals surface area contributed by atoms with Gasteiger partial charge in [-0.2, -0.15) is 0 Å². The van der Waals surface area contributed by atoms with Crippen molar-refractivity contribution in [2.45, 2.75) is 71.4 Å². The number of hydrogen-bond donors (Lipinski definition) is 1. The lowest BCUT2D eigenvalue weighted by Gasteiger charge is -2.27. The Morgan fingerprint density at radius 2 is 1.84 bits per heavy atom. The van der Waals surface area contributed by atoms with Gasteiger partial charge in [-0.25, -0.2) is 14.6 Å². The fraction of sp³-hybridized carbons (Fsp3) is 0.517. The average Bonchev–Trinajstić information content (AvgIpc) is 3.54. The number of rotatable bonds is 11. The number of benzene rings is 1. The summed E-state index contributed by atoms with van der Waals surface area (Å²) in [5.41, 5.74) is 1.38. The summed E-state index contributed by atoms with van der Waals surface area (Å²) in [5.74, 6) is 1.12. The second-order valence-electron chi connectivity index (χ2n) is 10.8. The van der Waals surface area contributed by atoms with Crippen LogP contribution in [-0.2, 0) is 31.9 Å². The lowest BCUT2D eigenvalue weighted by Crippen LogP contribution is -2.43. The molecule has 1 N–H and O–H groups in total. The van der Waals surface area contributed by atoms with Crippen molar-refractivity contribution in [3.63, 3.8) is 0 Å². The van der Waals surface area contributed by atoms with Crippen LogP contribution in [0.1, 0.15) is 58.1 Å². The van der Waals surface area contributed by atoms with E-state index >= 15 is 0 Å². The van der Waals surface area contributed by atoms with Crippen molar-refractivity contribution in [2.24, 2.45) is 11.8 Å². The summed E-state index contributed by atoms with van der Waals surface area (Å²) in [7, 11) is 1.30. The second kappa shape index (κ2) is 12.7. The van der Waals surface area contributed by atoms with Crippen LogP contribution in [0.4, 0.5) is 10.6 Å². The Balaban J connectivity index is 1.63. The molecule has 0 aliphatic heterocycles. The maximum absolute atomic E-state index is 13.0. The largest absolute Gasteiger partial charge is 0.467 e. The summed E-state index contributed by atoms with van der Waals surface area (Å²) in [4.78, 5) is 43.9. The van der Waals surface area contributed by atoms with Crippen LogP contribution in [0, 0.1) is 11.8 Å². The standard InChI is InChI=1S/C29H39N3O5/c1-20-16-23(20)17-22-13-14-30-25(19-22)32(28(35)37-29(2,3)4)15-9-12-26(33)31-24(27(34)36-5)18-21-10-7-6-8-11-21/h6-8,10-11,13-14,19-20,23-24H,9,12,15-18H2,1-5H3,(H,31,33)/t20?,23-,24+/m1/s1. The molecular formula is C29H39N3O5. The minimum Gasteiger partial charge on any atom is -0.467 e. The molecule has 1 aliphatic carbocycles. The molecule has 2 aromatic rings. The molecule has 37 heavy (non-hydrogen) atoms. The van der Waals surface area contributed by atoms with E-state index < -0.39 is 23.7 Å². The number of ether oxygens (including phenoxy) is 2. The van der Waals surface area contributed by atoms with Gasteiger partial charge < -0.3 is 14.8 Å². The van der Waals surface area contributed by atoms with Crippen LogP contribution in [0.3, 0.4) is 0 Å². The zero-order valence-corrected chi connectivity index (χ0v) is 22.5. The van der Waals surface area contributed by atoms with Gasteiger partial charge in [-0.3, -0.25) is 9.69 Å². The quantitative estimate of drug-likeness (QED) is 0.441. The number of nitrogens with one attached hydrogen (secondary N) is 1. The van der Waals surface area contributed by atoms with Crippen molar-refractivity contribution < 1.29 is 23.9 Å². The first-order chi connectivity index (χ1) is 17.6. The molecule has 200 valence electrons. The highest BCUT2D eigenvalue weighted by molar-refractivity contribution is 5.87. The van der Waals surface area contributed by atoms with Gasteiger partial charge in [0.25, 0.3) is 0 Å². The third-order valence-corrected chi connectivity index (χ3v) is 6.36. The van der Waals surface area contributed by atoms with E-state index in [1.165, 1.54) is 18.4 Å². The zero-order chi connectivity index (χ0) is 27.0. The van der Waals surface area contributed by atoms with Gasteiger partial charge in [-0.1, -0.05) is 37.3 Å². The van der Waals surface area contributed by atoms with Gasteiger partial charge in [0.2, 0.25) is 5.91 Å². The van der Waals surface area contributed by atoms with Gasteiger partial charge in [0.15, 0.2) is 0 Å². The lowest BCUT2D eigenvalue weighted by molar-refractivity contribution is -0.145. The normalized spacial score (nSPS) is 17.4. The molecule has 8 heteroatoms. The number of anilines is 1. The van der Waals surface area contributed by atoms with Crippen molar-refractivity contribution in [1.29, 1.82) is 0 Å². The lowest BCUT2D eigenvalue weighted by atomic mass is 10.1. The minimum atomic E-state index is -0.787. The van der Waals surface area contributed by atoms with E-state index in [1.54, 1.807) is 6.20 Å². The molecular weight excluding hydrogens is 470 g/mol. The summed E-state index contributed by atoms with van der Waals surface area (Å²) in [6, 6.07) is 12.6. The van der Waals surface area contributed by atoms with Crippen molar-refractivity contribution in [3.8, 4) is 0 Å². The predicted molar refractivity (Wildman–Crippen MR) is 142 cm³/mol. The monoisotopic (exact) mass is 509 g/mol. The highest BCUT2D eigenvalue weighted by Gasteiger charge is 2.32. The van der Waals surface area contributed by atoms with Gasteiger partial charge in [0.1, 0.15) is 17.5 Å². The number of methoxy groups -OCH3 is 1. The van der Waals surface area contributed by atoms with E-state index in [-0.39, 0.29) is 18.9 Å². The molecule has 1 aromatic heterocycles. The van der Waals surface area contributed by atoms with Crippen LogP contribution in [0.2, 0.25) is 0 Å². The summed E-state index contributed by atoms with van der Waals surface area (Å²) < 4.78 is 10.5. The van der Waals surface area contributed by atoms with Crippen molar-refractivity contribution in [3.05, 3.63) is 59.8 Å². The first kappa shape index (κ1) is 28.2. The van der Waals surface area contributed by atoms with Crippen molar-refractivity contribution >= 4 is 23.8 Å². The molecule has 1 unspecified atom stereocenters. The molecule has 8 nitrogen and oxygen atoms in total. The maximum Gasteiger partial charge on any atom is 0.416 e. The third-order valence-electron chi connectivity index (χ3n) is 6.36. The minimum absolute atomic E-state index is 0.126. The topological polar surface area (TPSA) is 97.8 Å². The van der Waals surface area contributed by atoms with Crippen LogP contribution in [0.25, 0.3) is 0 Å². The van der Waals surface area contributed by atoms with E-state index in [2.05, 4.69) is 17.2 Å². The Bertz CT molecular complexity index is 1070. The van der Waals surface area contributed by atoms with Crippen molar-refractivity contribution in [1.82, 2.24) is 10.3 Å². The molecule has 1 heterocycles. The fourth-order valence-electron chi connectivity index (χ4n) is 4.19. The highest BCUT2D eigenvalue weighted by Crippen LogP contribution is 2.40. The van der Waals surface area contributed by atoms with Gasteiger partial charge in [-0.05, 0) is 75.1 Å². The molecule has 0 spiro atoms. The molecule has 1 saturated carbocycles. The zero-order valence-electron chi connectivity index (χ0n) is 22.5. The Morgan fingerprint density at radius 3 is 2.46 bits per heavy atom. The molecule has 0 saturated heterocycles. The Labute approximate surface area is 219 Å². The van der Waals surface area contributed by atoms with E-state index in [9.17, 15) is 14.4 Å². The number of pyridine rings is 1. The summed E-state index contributed by atoms with van der Waals surface area (Å²) >= 11 is 0. The predicted octanol–water partition coefficient (Wildman–Crippen LogP) is 4.70. The molecule has 1 aromatic carbocycles. The maximum atomic E-state index is 13.0. The Kier molecular flexibility index (Phi) is 9.66. The number of carbonyl (C=O) groups excluding carboxylic acids is 3. The van der Waals surface area contributed by atoms with Crippen LogP contribution >= 0.6 is 0 Å². The third kappa shape index (κ3) is 9.19. The Hall–Kier alpha value is -3.42. The van der Waals surface area contributed by atoms with E-state index in [0.717, 1.165) is 23.5 Å². The van der Waals surface area contributed by atoms with Gasteiger partial charge in [0, 0.05) is 25.6 Å². The fourth-order valence-corrected chi connectivity index (χ4v) is 4.19.